The van der Waals surface area contributed by atoms with Gasteiger partial charge < -0.3 is 4.74 Å². The van der Waals surface area contributed by atoms with E-state index in [-0.39, 0.29) is 12.0 Å². The van der Waals surface area contributed by atoms with E-state index >= 15 is 0 Å². The highest BCUT2D eigenvalue weighted by atomic mass is 19.1. The predicted molar refractivity (Wildman–Crippen MR) is 75.8 cm³/mol. The quantitative estimate of drug-likeness (QED) is 0.779. The molecule has 106 valence electrons. The Bertz CT molecular complexity index is 583. The van der Waals surface area contributed by atoms with Crippen LogP contribution in [-0.2, 0) is 12.0 Å². The van der Waals surface area contributed by atoms with E-state index in [1.165, 1.54) is 17.7 Å². The third-order valence-electron chi connectivity index (χ3n) is 3.13. The molecule has 20 heavy (non-hydrogen) atoms. The third kappa shape index (κ3) is 3.56. The molecule has 0 amide bonds. The van der Waals surface area contributed by atoms with Gasteiger partial charge in [0.05, 0.1) is 0 Å². The fourth-order valence-corrected chi connectivity index (χ4v) is 1.85. The molecule has 2 aromatic rings. The van der Waals surface area contributed by atoms with E-state index in [2.05, 4.69) is 20.8 Å². The summed E-state index contributed by atoms with van der Waals surface area (Å²) in [7, 11) is 0. The summed E-state index contributed by atoms with van der Waals surface area (Å²) in [6.07, 6.45) is 0. The molecule has 0 bridgehead atoms. The molecule has 0 aliphatic carbocycles. The number of hydrogen-bond acceptors (Lipinski definition) is 1. The van der Waals surface area contributed by atoms with Crippen LogP contribution in [0.5, 0.6) is 5.75 Å². The Labute approximate surface area is 118 Å². The van der Waals surface area contributed by atoms with Crippen molar-refractivity contribution in [3.63, 3.8) is 0 Å². The van der Waals surface area contributed by atoms with Gasteiger partial charge in [-0.2, -0.15) is 0 Å². The summed E-state index contributed by atoms with van der Waals surface area (Å²) in [4.78, 5) is 0. The average molecular weight is 276 g/mol. The van der Waals surface area contributed by atoms with E-state index in [1.54, 1.807) is 0 Å². The first-order valence-corrected chi connectivity index (χ1v) is 6.53. The van der Waals surface area contributed by atoms with E-state index in [4.69, 9.17) is 4.74 Å². The summed E-state index contributed by atoms with van der Waals surface area (Å²) in [6.45, 7) is 6.49. The fraction of sp³-hybridized carbons (Fsp3) is 0.294. The average Bonchev–Trinajstić information content (AvgIpc) is 2.37. The molecule has 3 heteroatoms. The maximum atomic E-state index is 13.5. The number of rotatable bonds is 3. The zero-order chi connectivity index (χ0) is 14.8. The highest BCUT2D eigenvalue weighted by Crippen LogP contribution is 2.24. The minimum absolute atomic E-state index is 0.0843. The molecule has 1 nitrogen and oxygen atoms in total. The Morgan fingerprint density at radius 3 is 2.15 bits per heavy atom. The third-order valence-corrected chi connectivity index (χ3v) is 3.13. The summed E-state index contributed by atoms with van der Waals surface area (Å²) >= 11 is 0. The van der Waals surface area contributed by atoms with E-state index in [9.17, 15) is 8.78 Å². The van der Waals surface area contributed by atoms with Gasteiger partial charge in [-0.1, -0.05) is 32.9 Å². The van der Waals surface area contributed by atoms with Crippen LogP contribution < -0.4 is 4.74 Å². The van der Waals surface area contributed by atoms with Crippen molar-refractivity contribution in [2.24, 2.45) is 0 Å². The van der Waals surface area contributed by atoms with Crippen LogP contribution in [0.2, 0.25) is 0 Å². The van der Waals surface area contributed by atoms with Crippen LogP contribution in [0.3, 0.4) is 0 Å². The van der Waals surface area contributed by atoms with Gasteiger partial charge in [-0.05, 0) is 35.2 Å². The first-order chi connectivity index (χ1) is 9.36. The number of benzene rings is 2. The molecule has 0 aliphatic rings. The second kappa shape index (κ2) is 5.61. The zero-order valence-corrected chi connectivity index (χ0v) is 11.9. The second-order valence-corrected chi connectivity index (χ2v) is 5.80. The van der Waals surface area contributed by atoms with Crippen molar-refractivity contribution in [1.29, 1.82) is 0 Å². The predicted octanol–water partition coefficient (Wildman–Crippen LogP) is 4.84. The van der Waals surface area contributed by atoms with Gasteiger partial charge in [0.1, 0.15) is 24.0 Å². The smallest absolute Gasteiger partial charge is 0.132 e. The van der Waals surface area contributed by atoms with E-state index in [0.717, 1.165) is 6.07 Å². The molecule has 0 radical (unpaired) electrons. The Kier molecular flexibility index (Phi) is 4.07. The van der Waals surface area contributed by atoms with Crippen molar-refractivity contribution in [3.8, 4) is 5.75 Å². The molecule has 0 saturated carbocycles. The van der Waals surface area contributed by atoms with Gasteiger partial charge in [0.15, 0.2) is 0 Å². The molecular formula is C17H18F2O. The topological polar surface area (TPSA) is 9.23 Å². The Balaban J connectivity index is 2.04. The second-order valence-electron chi connectivity index (χ2n) is 5.80. The van der Waals surface area contributed by atoms with Crippen LogP contribution in [0.4, 0.5) is 8.78 Å². The lowest BCUT2D eigenvalue weighted by Gasteiger charge is -2.19. The van der Waals surface area contributed by atoms with Gasteiger partial charge >= 0.3 is 0 Å². The summed E-state index contributed by atoms with van der Waals surface area (Å²) in [5.41, 5.74) is 1.63. The van der Waals surface area contributed by atoms with Crippen molar-refractivity contribution in [2.45, 2.75) is 32.8 Å². The Morgan fingerprint density at radius 2 is 1.60 bits per heavy atom. The van der Waals surface area contributed by atoms with Gasteiger partial charge in [-0.3, -0.25) is 0 Å². The lowest BCUT2D eigenvalue weighted by Crippen LogP contribution is -2.10. The van der Waals surface area contributed by atoms with E-state index < -0.39 is 11.6 Å². The Hall–Kier alpha value is -1.90. The summed E-state index contributed by atoms with van der Waals surface area (Å²) < 4.78 is 31.8. The number of ether oxygens (including phenoxy) is 1. The number of hydrogen-bond donors (Lipinski definition) is 0. The van der Waals surface area contributed by atoms with Crippen molar-refractivity contribution < 1.29 is 13.5 Å². The molecule has 0 fully saturated rings. The molecule has 2 aromatic carbocycles. The van der Waals surface area contributed by atoms with Gasteiger partial charge in [0.2, 0.25) is 0 Å². The molecule has 2 rings (SSSR count). The highest BCUT2D eigenvalue weighted by molar-refractivity contribution is 5.31. The lowest BCUT2D eigenvalue weighted by molar-refractivity contribution is 0.299. The van der Waals surface area contributed by atoms with Crippen LogP contribution in [0.15, 0.2) is 42.5 Å². The molecule has 0 aromatic heterocycles. The van der Waals surface area contributed by atoms with Gasteiger partial charge in [0.25, 0.3) is 0 Å². The fourth-order valence-electron chi connectivity index (χ4n) is 1.85. The van der Waals surface area contributed by atoms with Crippen molar-refractivity contribution in [2.75, 3.05) is 0 Å². The van der Waals surface area contributed by atoms with Crippen LogP contribution in [-0.4, -0.2) is 0 Å². The molecule has 0 atom stereocenters. The van der Waals surface area contributed by atoms with Gasteiger partial charge in [-0.25, -0.2) is 8.78 Å². The lowest BCUT2D eigenvalue weighted by atomic mass is 9.87. The highest BCUT2D eigenvalue weighted by Gasteiger charge is 2.13. The summed E-state index contributed by atoms with van der Waals surface area (Å²) in [5, 5.41) is 0. The first kappa shape index (κ1) is 14.5. The minimum Gasteiger partial charge on any atom is -0.489 e. The van der Waals surface area contributed by atoms with Crippen LogP contribution in [0.1, 0.15) is 31.9 Å². The van der Waals surface area contributed by atoms with E-state index in [0.29, 0.717) is 11.3 Å². The van der Waals surface area contributed by atoms with E-state index in [1.807, 2.05) is 24.3 Å². The molecule has 0 saturated heterocycles. The monoisotopic (exact) mass is 276 g/mol. The van der Waals surface area contributed by atoms with Crippen molar-refractivity contribution in [3.05, 3.63) is 65.2 Å². The number of halogens is 2. The maximum absolute atomic E-state index is 13.5. The van der Waals surface area contributed by atoms with Crippen LogP contribution in [0, 0.1) is 11.6 Å². The Morgan fingerprint density at radius 1 is 0.950 bits per heavy atom. The summed E-state index contributed by atoms with van der Waals surface area (Å²) in [6, 6.07) is 11.2. The molecular weight excluding hydrogens is 258 g/mol. The van der Waals surface area contributed by atoms with Crippen molar-refractivity contribution in [1.82, 2.24) is 0 Å². The van der Waals surface area contributed by atoms with Gasteiger partial charge in [0, 0.05) is 11.6 Å². The molecule has 0 unspecified atom stereocenters. The summed E-state index contributed by atoms with van der Waals surface area (Å²) in [5.74, 6) is -0.501. The SMILES string of the molecule is CC(C)(C)c1ccc(OCc2ccc(F)cc2F)cc1. The standard InChI is InChI=1S/C17H18F2O/c1-17(2,3)13-5-8-15(9-6-13)20-11-12-4-7-14(18)10-16(12)19/h4-10H,11H2,1-3H3. The van der Waals surface area contributed by atoms with Crippen molar-refractivity contribution >= 4 is 0 Å². The van der Waals surface area contributed by atoms with Crippen LogP contribution >= 0.6 is 0 Å². The first-order valence-electron chi connectivity index (χ1n) is 6.53. The normalized spacial score (nSPS) is 11.4. The maximum Gasteiger partial charge on any atom is 0.132 e. The molecule has 0 spiro atoms. The van der Waals surface area contributed by atoms with Gasteiger partial charge in [-0.15, -0.1) is 0 Å². The largest absolute Gasteiger partial charge is 0.489 e. The molecule has 0 heterocycles. The zero-order valence-electron chi connectivity index (χ0n) is 11.9. The minimum atomic E-state index is -0.587. The van der Waals surface area contributed by atoms with Crippen LogP contribution in [0.25, 0.3) is 0 Å². The molecule has 0 aliphatic heterocycles. The molecule has 0 N–H and O–H groups in total.